The van der Waals surface area contributed by atoms with Gasteiger partial charge >= 0.3 is 6.09 Å². The number of aromatic nitrogens is 2. The second-order valence-corrected chi connectivity index (χ2v) is 17.0. The maximum atomic E-state index is 12.2. The molecular weight excluding hydrogens is 490 g/mol. The molecule has 1 N–H and O–H groups in total. The molecule has 6 nitrogen and oxygen atoms in total. The van der Waals surface area contributed by atoms with Gasteiger partial charge < -0.3 is 14.5 Å². The number of carbonyl (C=O) groups is 1. The summed E-state index contributed by atoms with van der Waals surface area (Å²) in [5, 5.41) is 4.54. The van der Waals surface area contributed by atoms with E-state index in [1.807, 2.05) is 39.0 Å². The van der Waals surface area contributed by atoms with Gasteiger partial charge in [0.1, 0.15) is 5.60 Å². The first-order valence-electron chi connectivity index (χ1n) is 12.2. The summed E-state index contributed by atoms with van der Waals surface area (Å²) in [7, 11) is -1.93. The molecule has 3 rings (SSSR count). The van der Waals surface area contributed by atoms with Gasteiger partial charge in [-0.2, -0.15) is 0 Å². The Hall–Kier alpha value is -2.48. The second-order valence-electron chi connectivity index (χ2n) is 11.7. The molecule has 0 aliphatic rings. The number of ether oxygens (including phenoxy) is 1. The molecule has 36 heavy (non-hydrogen) atoms. The van der Waals surface area contributed by atoms with Crippen molar-refractivity contribution in [3.8, 4) is 0 Å². The van der Waals surface area contributed by atoms with Gasteiger partial charge in [-0.05, 0) is 80.4 Å². The first kappa shape index (κ1) is 28.1. The molecule has 0 unspecified atom stereocenters. The van der Waals surface area contributed by atoms with Crippen molar-refractivity contribution in [2.24, 2.45) is 0 Å². The molecule has 0 fully saturated rings. The first-order chi connectivity index (χ1) is 16.6. The van der Waals surface area contributed by atoms with Crippen molar-refractivity contribution in [2.45, 2.75) is 84.8 Å². The highest BCUT2D eigenvalue weighted by Gasteiger charge is 2.37. The smallest absolute Gasteiger partial charge is 0.407 e. The van der Waals surface area contributed by atoms with Crippen LogP contribution in [-0.2, 0) is 28.7 Å². The van der Waals surface area contributed by atoms with Crippen molar-refractivity contribution in [1.82, 2.24) is 15.3 Å². The molecule has 2 aromatic heterocycles. The maximum absolute atomic E-state index is 12.2. The predicted octanol–water partition coefficient (Wildman–Crippen LogP) is 7.42. The lowest BCUT2D eigenvalue weighted by molar-refractivity contribution is 0.0523. The summed E-state index contributed by atoms with van der Waals surface area (Å²) in [6.45, 7) is 17.5. The largest absolute Gasteiger partial charge is 0.444 e. The summed E-state index contributed by atoms with van der Waals surface area (Å²) < 4.78 is 11.9. The number of fused-ring (bicyclic) bond motifs is 1. The van der Waals surface area contributed by atoms with E-state index in [-0.39, 0.29) is 11.6 Å². The van der Waals surface area contributed by atoms with Gasteiger partial charge in [0.2, 0.25) is 0 Å². The molecule has 3 aromatic rings. The molecule has 0 aliphatic heterocycles. The summed E-state index contributed by atoms with van der Waals surface area (Å²) in [6, 6.07) is 12.1. The summed E-state index contributed by atoms with van der Waals surface area (Å²) in [5.41, 5.74) is 4.15. The number of hydrogen-bond donors (Lipinski definition) is 1. The number of amides is 1. The normalized spacial score (nSPS) is 12.6. The van der Waals surface area contributed by atoms with E-state index in [1.165, 1.54) is 0 Å². The lowest BCUT2D eigenvalue weighted by Crippen LogP contribution is -2.40. The average molecular weight is 528 g/mol. The standard InChI is InChI=1S/C28H38ClN3O3Si/c1-27(2,3)35-26(33)31-17-24-14-20(18-34-36(7,8)28(4,5)6)13-23(32-24)12-19-9-10-25-21(11-19)15-22(29)16-30-25/h9-11,13-16H,12,17-18H2,1-8H3,(H,31,33). The van der Waals surface area contributed by atoms with Crippen molar-refractivity contribution in [1.29, 1.82) is 0 Å². The van der Waals surface area contributed by atoms with Crippen LogP contribution < -0.4 is 5.32 Å². The fraction of sp³-hybridized carbons (Fsp3) is 0.464. The van der Waals surface area contributed by atoms with E-state index < -0.39 is 20.0 Å². The Labute approximate surface area is 220 Å². The molecule has 0 bridgehead atoms. The van der Waals surface area contributed by atoms with Crippen molar-refractivity contribution < 1.29 is 14.0 Å². The van der Waals surface area contributed by atoms with Gasteiger partial charge in [-0.1, -0.05) is 38.4 Å². The van der Waals surface area contributed by atoms with Crippen LogP contribution in [0.25, 0.3) is 10.9 Å². The first-order valence-corrected chi connectivity index (χ1v) is 15.5. The average Bonchev–Trinajstić information content (AvgIpc) is 2.74. The third-order valence-electron chi connectivity index (χ3n) is 6.31. The van der Waals surface area contributed by atoms with E-state index in [0.29, 0.717) is 18.1 Å². The minimum Gasteiger partial charge on any atom is -0.444 e. The van der Waals surface area contributed by atoms with Gasteiger partial charge in [-0.15, -0.1) is 0 Å². The number of alkyl carbamates (subject to hydrolysis) is 1. The van der Waals surface area contributed by atoms with Gasteiger partial charge in [-0.25, -0.2) is 4.79 Å². The number of halogens is 1. The van der Waals surface area contributed by atoms with Crippen molar-refractivity contribution >= 4 is 36.9 Å². The Kier molecular flexibility index (Phi) is 8.48. The molecule has 0 aliphatic carbocycles. The fourth-order valence-electron chi connectivity index (χ4n) is 3.41. The Bertz CT molecular complexity index is 1230. The van der Waals surface area contributed by atoms with Crippen LogP contribution in [0.5, 0.6) is 0 Å². The van der Waals surface area contributed by atoms with E-state index in [1.54, 1.807) is 6.20 Å². The predicted molar refractivity (Wildman–Crippen MR) is 149 cm³/mol. The summed E-state index contributed by atoms with van der Waals surface area (Å²) in [5.74, 6) is 0. The molecule has 0 spiro atoms. The number of hydrogen-bond acceptors (Lipinski definition) is 5. The van der Waals surface area contributed by atoms with Gasteiger partial charge in [0.05, 0.1) is 29.4 Å². The molecule has 0 saturated carbocycles. The third-order valence-corrected chi connectivity index (χ3v) is 11.0. The number of benzene rings is 1. The van der Waals surface area contributed by atoms with E-state index in [4.69, 9.17) is 25.7 Å². The van der Waals surface area contributed by atoms with Crippen LogP contribution >= 0.6 is 11.6 Å². The summed E-state index contributed by atoms with van der Waals surface area (Å²) in [4.78, 5) is 21.4. The van der Waals surface area contributed by atoms with Gasteiger partial charge in [-0.3, -0.25) is 9.97 Å². The molecular formula is C28H38ClN3O3Si. The SMILES string of the molecule is CC(C)(C)OC(=O)NCc1cc(CO[Si](C)(C)C(C)(C)C)cc(Cc2ccc3ncc(Cl)cc3c2)n1. The van der Waals surface area contributed by atoms with Crippen LogP contribution in [-0.4, -0.2) is 30.0 Å². The van der Waals surface area contributed by atoms with Gasteiger partial charge in [0.15, 0.2) is 8.32 Å². The Morgan fingerprint density at radius 3 is 2.36 bits per heavy atom. The van der Waals surface area contributed by atoms with Crippen LogP contribution in [0.2, 0.25) is 23.2 Å². The van der Waals surface area contributed by atoms with Crippen LogP contribution in [0.3, 0.4) is 0 Å². The van der Waals surface area contributed by atoms with Crippen molar-refractivity contribution in [3.05, 3.63) is 70.1 Å². The van der Waals surface area contributed by atoms with Gasteiger partial charge in [0, 0.05) is 23.7 Å². The van der Waals surface area contributed by atoms with Crippen LogP contribution in [0.15, 0.2) is 42.6 Å². The number of carbonyl (C=O) groups excluding carboxylic acids is 1. The molecule has 0 saturated heterocycles. The minimum absolute atomic E-state index is 0.115. The Morgan fingerprint density at radius 2 is 1.69 bits per heavy atom. The summed E-state index contributed by atoms with van der Waals surface area (Å²) in [6.07, 6.45) is 1.82. The van der Waals surface area contributed by atoms with Crippen LogP contribution in [0.4, 0.5) is 4.79 Å². The number of rotatable bonds is 7. The topological polar surface area (TPSA) is 73.3 Å². The van der Waals surface area contributed by atoms with E-state index >= 15 is 0 Å². The van der Waals surface area contributed by atoms with Crippen molar-refractivity contribution in [2.75, 3.05) is 0 Å². The minimum atomic E-state index is -1.93. The highest BCUT2D eigenvalue weighted by Crippen LogP contribution is 2.37. The number of nitrogens with zero attached hydrogens (tertiary/aromatic N) is 2. The number of pyridine rings is 2. The second kappa shape index (κ2) is 10.9. The highest BCUT2D eigenvalue weighted by molar-refractivity contribution is 6.74. The quantitative estimate of drug-likeness (QED) is 0.323. The molecule has 0 radical (unpaired) electrons. The van der Waals surface area contributed by atoms with E-state index in [0.717, 1.165) is 33.4 Å². The molecule has 1 aromatic carbocycles. The zero-order chi connectivity index (χ0) is 26.7. The lowest BCUT2D eigenvalue weighted by Gasteiger charge is -2.36. The molecule has 8 heteroatoms. The van der Waals surface area contributed by atoms with Crippen molar-refractivity contribution in [3.63, 3.8) is 0 Å². The van der Waals surface area contributed by atoms with E-state index in [9.17, 15) is 4.79 Å². The monoisotopic (exact) mass is 527 g/mol. The van der Waals surface area contributed by atoms with Gasteiger partial charge in [0.25, 0.3) is 0 Å². The molecule has 194 valence electrons. The maximum Gasteiger partial charge on any atom is 0.407 e. The lowest BCUT2D eigenvalue weighted by atomic mass is 10.0. The van der Waals surface area contributed by atoms with Crippen LogP contribution in [0.1, 0.15) is 64.1 Å². The molecule has 1 amide bonds. The zero-order valence-electron chi connectivity index (χ0n) is 22.7. The Balaban J connectivity index is 1.85. The Morgan fingerprint density at radius 1 is 1.00 bits per heavy atom. The molecule has 0 atom stereocenters. The van der Waals surface area contributed by atoms with Crippen LogP contribution in [0, 0.1) is 0 Å². The molecule has 2 heterocycles. The number of nitrogens with one attached hydrogen (secondary N) is 1. The van der Waals surface area contributed by atoms with E-state index in [2.05, 4.69) is 62.4 Å². The highest BCUT2D eigenvalue weighted by atomic mass is 35.5. The summed E-state index contributed by atoms with van der Waals surface area (Å²) >= 11 is 6.15. The zero-order valence-corrected chi connectivity index (χ0v) is 24.4. The fourth-order valence-corrected chi connectivity index (χ4v) is 4.54. The third kappa shape index (κ3) is 8.01.